The molecule has 0 aromatic carbocycles. The van der Waals surface area contributed by atoms with Crippen molar-refractivity contribution in [2.75, 3.05) is 7.11 Å². The van der Waals surface area contributed by atoms with Gasteiger partial charge in [-0.1, -0.05) is 0 Å². The molecule has 0 unspecified atom stereocenters. The Bertz CT molecular complexity index is 362. The number of carboxylic acid groups (broad SMARTS) is 1. The Morgan fingerprint density at radius 1 is 1.33 bits per heavy atom. The van der Waals surface area contributed by atoms with Gasteiger partial charge in [-0.2, -0.15) is 0 Å². The summed E-state index contributed by atoms with van der Waals surface area (Å²) in [5, 5.41) is 8.29. The smallest absolute Gasteiger partial charge is 0.323 e. The maximum atomic E-state index is 10.9. The van der Waals surface area contributed by atoms with Crippen LogP contribution in [0.5, 0.6) is 11.8 Å². The molecule has 1 aromatic rings. The molecule has 15 heavy (non-hydrogen) atoms. The van der Waals surface area contributed by atoms with Crippen LogP contribution < -0.4 is 9.47 Å². The van der Waals surface area contributed by atoms with E-state index in [9.17, 15) is 9.59 Å². The summed E-state index contributed by atoms with van der Waals surface area (Å²) in [5.41, 5.74) is 0. The fourth-order valence-electron chi connectivity index (χ4n) is 0.739. The first-order valence-corrected chi connectivity index (χ1v) is 3.90. The number of ether oxygens (including phenoxy) is 2. The molecular formula is C8H8N2O5. The number of carbonyl (C=O) groups excluding carboxylic acids is 1. The van der Waals surface area contributed by atoms with Gasteiger partial charge < -0.3 is 14.6 Å². The molecule has 0 aliphatic carbocycles. The van der Waals surface area contributed by atoms with Crippen molar-refractivity contribution in [3.63, 3.8) is 0 Å². The van der Waals surface area contributed by atoms with Gasteiger partial charge in [0.05, 0.1) is 19.5 Å². The Balaban J connectivity index is 2.57. The first kappa shape index (κ1) is 10.9. The summed E-state index contributed by atoms with van der Waals surface area (Å²) in [6.45, 7) is 0. The molecule has 0 aliphatic heterocycles. The highest BCUT2D eigenvalue weighted by molar-refractivity contribution is 5.90. The molecule has 0 fully saturated rings. The fraction of sp³-hybridized carbons (Fsp3) is 0.250. The SMILES string of the molecule is COc1cnc(OC(=O)CC(=O)O)cn1. The Kier molecular flexibility index (Phi) is 3.55. The van der Waals surface area contributed by atoms with Gasteiger partial charge in [0.15, 0.2) is 0 Å². The topological polar surface area (TPSA) is 98.6 Å². The number of nitrogens with zero attached hydrogens (tertiary/aromatic N) is 2. The second-order valence-electron chi connectivity index (χ2n) is 2.44. The zero-order valence-corrected chi connectivity index (χ0v) is 7.84. The summed E-state index contributed by atoms with van der Waals surface area (Å²) in [6.07, 6.45) is 1.70. The van der Waals surface area contributed by atoms with Crippen LogP contribution in [0.4, 0.5) is 0 Å². The lowest BCUT2D eigenvalue weighted by Crippen LogP contribution is -2.14. The minimum absolute atomic E-state index is 0.0675. The molecule has 0 atom stereocenters. The molecule has 0 radical (unpaired) electrons. The molecule has 1 aromatic heterocycles. The standard InChI is InChI=1S/C8H8N2O5/c1-14-5-3-10-6(4-9-5)15-8(13)2-7(11)12/h3-4H,2H2,1H3,(H,11,12). The van der Waals surface area contributed by atoms with Gasteiger partial charge in [-0.15, -0.1) is 0 Å². The van der Waals surface area contributed by atoms with E-state index in [1.807, 2.05) is 0 Å². The van der Waals surface area contributed by atoms with Crippen molar-refractivity contribution in [3.8, 4) is 11.8 Å². The lowest BCUT2D eigenvalue weighted by Gasteiger charge is -2.01. The molecule has 0 saturated carbocycles. The molecule has 0 spiro atoms. The largest absolute Gasteiger partial charge is 0.481 e. The lowest BCUT2D eigenvalue weighted by molar-refractivity contribution is -0.145. The predicted octanol–water partition coefficient (Wildman–Crippen LogP) is -0.135. The van der Waals surface area contributed by atoms with Crippen LogP contribution >= 0.6 is 0 Å². The third kappa shape index (κ3) is 3.59. The molecule has 1 heterocycles. The van der Waals surface area contributed by atoms with E-state index in [1.165, 1.54) is 19.5 Å². The van der Waals surface area contributed by atoms with E-state index in [-0.39, 0.29) is 11.8 Å². The maximum absolute atomic E-state index is 10.9. The molecule has 0 bridgehead atoms. The zero-order valence-electron chi connectivity index (χ0n) is 7.84. The van der Waals surface area contributed by atoms with Gasteiger partial charge in [-0.05, 0) is 0 Å². The number of hydrogen-bond acceptors (Lipinski definition) is 6. The number of esters is 1. The highest BCUT2D eigenvalue weighted by Gasteiger charge is 2.10. The number of carbonyl (C=O) groups is 2. The third-order valence-electron chi connectivity index (χ3n) is 1.33. The molecule has 7 heteroatoms. The van der Waals surface area contributed by atoms with Crippen LogP contribution in [0.1, 0.15) is 6.42 Å². The summed E-state index contributed by atoms with van der Waals surface area (Å²) >= 11 is 0. The lowest BCUT2D eigenvalue weighted by atomic mass is 10.4. The van der Waals surface area contributed by atoms with Crippen LogP contribution in [0.2, 0.25) is 0 Å². The van der Waals surface area contributed by atoms with Crippen molar-refractivity contribution < 1.29 is 24.2 Å². The van der Waals surface area contributed by atoms with E-state index in [1.54, 1.807) is 0 Å². The Labute approximate surface area is 84.7 Å². The Morgan fingerprint density at radius 2 is 1.93 bits per heavy atom. The summed E-state index contributed by atoms with van der Waals surface area (Å²) in [5.74, 6) is -1.96. The van der Waals surface area contributed by atoms with Crippen molar-refractivity contribution in [2.45, 2.75) is 6.42 Å². The summed E-state index contributed by atoms with van der Waals surface area (Å²) in [4.78, 5) is 28.4. The molecule has 1 N–H and O–H groups in total. The van der Waals surface area contributed by atoms with E-state index in [4.69, 9.17) is 9.84 Å². The number of hydrogen-bond donors (Lipinski definition) is 1. The monoisotopic (exact) mass is 212 g/mol. The Hall–Kier alpha value is -2.18. The first-order valence-electron chi connectivity index (χ1n) is 3.90. The van der Waals surface area contributed by atoms with Crippen molar-refractivity contribution in [1.29, 1.82) is 0 Å². The van der Waals surface area contributed by atoms with Gasteiger partial charge in [0.1, 0.15) is 6.42 Å². The van der Waals surface area contributed by atoms with Gasteiger partial charge in [0.25, 0.3) is 0 Å². The average molecular weight is 212 g/mol. The average Bonchev–Trinajstić information content (AvgIpc) is 2.17. The van der Waals surface area contributed by atoms with Crippen molar-refractivity contribution in [2.24, 2.45) is 0 Å². The summed E-state index contributed by atoms with van der Waals surface area (Å²) in [7, 11) is 1.42. The number of rotatable bonds is 4. The highest BCUT2D eigenvalue weighted by atomic mass is 16.5. The van der Waals surface area contributed by atoms with E-state index in [0.29, 0.717) is 0 Å². The highest BCUT2D eigenvalue weighted by Crippen LogP contribution is 2.08. The van der Waals surface area contributed by atoms with Gasteiger partial charge in [0, 0.05) is 0 Å². The maximum Gasteiger partial charge on any atom is 0.323 e. The van der Waals surface area contributed by atoms with Crippen molar-refractivity contribution >= 4 is 11.9 Å². The molecule has 80 valence electrons. The van der Waals surface area contributed by atoms with E-state index >= 15 is 0 Å². The summed E-state index contributed by atoms with van der Waals surface area (Å²) < 4.78 is 9.31. The second-order valence-corrected chi connectivity index (χ2v) is 2.44. The molecule has 1 rings (SSSR count). The van der Waals surface area contributed by atoms with Crippen LogP contribution in [0, 0.1) is 0 Å². The fourth-order valence-corrected chi connectivity index (χ4v) is 0.739. The first-order chi connectivity index (χ1) is 7.11. The number of aliphatic carboxylic acids is 1. The van der Waals surface area contributed by atoms with E-state index < -0.39 is 18.4 Å². The molecular weight excluding hydrogens is 204 g/mol. The zero-order chi connectivity index (χ0) is 11.3. The van der Waals surface area contributed by atoms with Crippen LogP contribution in [0.25, 0.3) is 0 Å². The molecule has 0 aliphatic rings. The predicted molar refractivity (Wildman–Crippen MR) is 46.5 cm³/mol. The quantitative estimate of drug-likeness (QED) is 0.548. The van der Waals surface area contributed by atoms with Crippen LogP contribution in [-0.4, -0.2) is 34.1 Å². The van der Waals surface area contributed by atoms with Gasteiger partial charge in [0.2, 0.25) is 11.8 Å². The number of methoxy groups -OCH3 is 1. The minimum atomic E-state index is -1.26. The van der Waals surface area contributed by atoms with E-state index in [2.05, 4.69) is 14.7 Å². The number of aromatic nitrogens is 2. The molecule has 7 nitrogen and oxygen atoms in total. The van der Waals surface area contributed by atoms with Gasteiger partial charge >= 0.3 is 11.9 Å². The van der Waals surface area contributed by atoms with Crippen LogP contribution in [0.15, 0.2) is 12.4 Å². The normalized spacial score (nSPS) is 9.40. The molecule has 0 amide bonds. The summed E-state index contributed by atoms with van der Waals surface area (Å²) in [6, 6.07) is 0. The number of carboxylic acids is 1. The van der Waals surface area contributed by atoms with Crippen LogP contribution in [-0.2, 0) is 9.59 Å². The third-order valence-corrected chi connectivity index (χ3v) is 1.33. The minimum Gasteiger partial charge on any atom is -0.481 e. The van der Waals surface area contributed by atoms with Gasteiger partial charge in [-0.3, -0.25) is 9.59 Å². The Morgan fingerprint density at radius 3 is 2.40 bits per heavy atom. The van der Waals surface area contributed by atoms with E-state index in [0.717, 1.165) is 0 Å². The molecule has 0 saturated heterocycles. The van der Waals surface area contributed by atoms with Crippen molar-refractivity contribution in [3.05, 3.63) is 12.4 Å². The van der Waals surface area contributed by atoms with Crippen LogP contribution in [0.3, 0.4) is 0 Å². The van der Waals surface area contributed by atoms with Gasteiger partial charge in [-0.25, -0.2) is 9.97 Å². The van der Waals surface area contributed by atoms with Crippen molar-refractivity contribution in [1.82, 2.24) is 9.97 Å². The second kappa shape index (κ2) is 4.89.